The molecule has 0 N–H and O–H groups in total. The van der Waals surface area contributed by atoms with Crippen LogP contribution < -0.4 is 0 Å². The van der Waals surface area contributed by atoms with E-state index in [-0.39, 0.29) is 19.0 Å². The monoisotopic (exact) mass is 260 g/mol. The lowest BCUT2D eigenvalue weighted by molar-refractivity contribution is -0.137. The third-order valence-electron chi connectivity index (χ3n) is 3.30. The van der Waals surface area contributed by atoms with Gasteiger partial charge in [0.05, 0.1) is 12.0 Å². The maximum Gasteiger partial charge on any atom is 0.338 e. The number of hydrogen-bond acceptors (Lipinski definition) is 4. The highest BCUT2D eigenvalue weighted by Gasteiger charge is 2.42. The van der Waals surface area contributed by atoms with E-state index in [1.165, 1.54) is 0 Å². The average molecular weight is 260 g/mol. The number of rotatable bonds is 4. The van der Waals surface area contributed by atoms with Gasteiger partial charge in [0.2, 0.25) is 0 Å². The van der Waals surface area contributed by atoms with E-state index in [9.17, 15) is 9.59 Å². The highest BCUT2D eigenvalue weighted by molar-refractivity contribution is 5.90. The molecule has 1 unspecified atom stereocenters. The summed E-state index contributed by atoms with van der Waals surface area (Å²) in [6, 6.07) is 6.94. The minimum atomic E-state index is -0.814. The van der Waals surface area contributed by atoms with Crippen LogP contribution in [0, 0.1) is 0 Å². The fraction of sp³-hybridized carbons (Fsp3) is 0.333. The van der Waals surface area contributed by atoms with Crippen molar-refractivity contribution in [1.82, 2.24) is 0 Å². The lowest BCUT2D eigenvalue weighted by Crippen LogP contribution is -2.35. The van der Waals surface area contributed by atoms with Gasteiger partial charge in [0.1, 0.15) is 6.61 Å². The molecule has 0 amide bonds. The highest BCUT2D eigenvalue weighted by Crippen LogP contribution is 2.28. The van der Waals surface area contributed by atoms with Crippen molar-refractivity contribution >= 4 is 18.0 Å². The second-order valence-electron chi connectivity index (χ2n) is 4.59. The standard InChI is InChI=1S/C15H16O4/c1-3-11-5-7-12(8-6-11)14(17)19-15(4-2)9-13(16)18-10-15/h3,5-8H,1,4,9-10H2,2H3. The predicted molar refractivity (Wildman–Crippen MR) is 70.5 cm³/mol. The molecule has 1 atom stereocenters. The van der Waals surface area contributed by atoms with Crippen LogP contribution in [0.25, 0.3) is 6.08 Å². The quantitative estimate of drug-likeness (QED) is 0.781. The first-order valence-electron chi connectivity index (χ1n) is 6.20. The molecule has 1 aromatic carbocycles. The van der Waals surface area contributed by atoms with Crippen LogP contribution in [0.1, 0.15) is 35.7 Å². The van der Waals surface area contributed by atoms with Gasteiger partial charge in [-0.3, -0.25) is 4.79 Å². The van der Waals surface area contributed by atoms with Gasteiger partial charge >= 0.3 is 11.9 Å². The van der Waals surface area contributed by atoms with Crippen LogP contribution in [0.2, 0.25) is 0 Å². The van der Waals surface area contributed by atoms with Crippen LogP contribution in [-0.4, -0.2) is 24.1 Å². The fourth-order valence-corrected chi connectivity index (χ4v) is 1.95. The van der Waals surface area contributed by atoms with Gasteiger partial charge < -0.3 is 9.47 Å². The van der Waals surface area contributed by atoms with E-state index in [1.807, 2.05) is 6.92 Å². The van der Waals surface area contributed by atoms with Gasteiger partial charge in [-0.2, -0.15) is 0 Å². The molecule has 0 aromatic heterocycles. The van der Waals surface area contributed by atoms with E-state index >= 15 is 0 Å². The van der Waals surface area contributed by atoms with Crippen molar-refractivity contribution in [2.75, 3.05) is 6.61 Å². The van der Waals surface area contributed by atoms with Gasteiger partial charge in [0.15, 0.2) is 5.60 Å². The molecule has 1 aliphatic rings. The summed E-state index contributed by atoms with van der Waals surface area (Å²) >= 11 is 0. The molecule has 2 rings (SSSR count). The van der Waals surface area contributed by atoms with Crippen molar-refractivity contribution in [3.05, 3.63) is 42.0 Å². The number of benzene rings is 1. The first-order valence-corrected chi connectivity index (χ1v) is 6.20. The van der Waals surface area contributed by atoms with Crippen LogP contribution in [0.3, 0.4) is 0 Å². The Labute approximate surface area is 112 Å². The Balaban J connectivity index is 2.11. The first kappa shape index (κ1) is 13.3. The Bertz CT molecular complexity index is 503. The Morgan fingerprint density at radius 2 is 2.16 bits per heavy atom. The van der Waals surface area contributed by atoms with Crippen LogP contribution in [-0.2, 0) is 14.3 Å². The smallest absolute Gasteiger partial charge is 0.338 e. The van der Waals surface area contributed by atoms with Crippen molar-refractivity contribution in [3.8, 4) is 0 Å². The van der Waals surface area contributed by atoms with E-state index in [0.717, 1.165) is 5.56 Å². The van der Waals surface area contributed by atoms with E-state index in [2.05, 4.69) is 6.58 Å². The SMILES string of the molecule is C=Cc1ccc(C(=O)OC2(CC)COC(=O)C2)cc1. The molecule has 0 bridgehead atoms. The number of esters is 2. The minimum Gasteiger partial charge on any atom is -0.461 e. The minimum absolute atomic E-state index is 0.125. The molecule has 4 heteroatoms. The fourth-order valence-electron chi connectivity index (χ4n) is 1.95. The van der Waals surface area contributed by atoms with Gasteiger partial charge in [-0.05, 0) is 24.1 Å². The summed E-state index contributed by atoms with van der Waals surface area (Å²) in [7, 11) is 0. The predicted octanol–water partition coefficient (Wildman–Crippen LogP) is 2.58. The summed E-state index contributed by atoms with van der Waals surface area (Å²) in [5, 5.41) is 0. The summed E-state index contributed by atoms with van der Waals surface area (Å²) < 4.78 is 10.4. The maximum absolute atomic E-state index is 12.1. The number of cyclic esters (lactones) is 1. The third kappa shape index (κ3) is 2.84. The Kier molecular flexibility index (Phi) is 3.69. The third-order valence-corrected chi connectivity index (χ3v) is 3.30. The second-order valence-corrected chi connectivity index (χ2v) is 4.59. The van der Waals surface area contributed by atoms with E-state index in [4.69, 9.17) is 9.47 Å². The van der Waals surface area contributed by atoms with Gasteiger partial charge in [0.25, 0.3) is 0 Å². The molecule has 0 aliphatic carbocycles. The Hall–Kier alpha value is -2.10. The summed E-state index contributed by atoms with van der Waals surface area (Å²) in [5.74, 6) is -0.757. The highest BCUT2D eigenvalue weighted by atomic mass is 16.6. The zero-order valence-electron chi connectivity index (χ0n) is 10.8. The summed E-state index contributed by atoms with van der Waals surface area (Å²) in [5.41, 5.74) is 0.574. The van der Waals surface area contributed by atoms with Crippen molar-refractivity contribution in [2.24, 2.45) is 0 Å². The number of carbonyl (C=O) groups excluding carboxylic acids is 2. The van der Waals surface area contributed by atoms with Crippen LogP contribution >= 0.6 is 0 Å². The molecular weight excluding hydrogens is 244 g/mol. The molecule has 0 saturated carbocycles. The zero-order valence-corrected chi connectivity index (χ0v) is 10.8. The molecule has 19 heavy (non-hydrogen) atoms. The molecule has 0 spiro atoms. The van der Waals surface area contributed by atoms with Crippen molar-refractivity contribution < 1.29 is 19.1 Å². The molecule has 100 valence electrons. The van der Waals surface area contributed by atoms with Gasteiger partial charge in [-0.1, -0.05) is 31.7 Å². The summed E-state index contributed by atoms with van der Waals surface area (Å²) in [4.78, 5) is 23.3. The van der Waals surface area contributed by atoms with Crippen LogP contribution in [0.4, 0.5) is 0 Å². The van der Waals surface area contributed by atoms with Crippen LogP contribution in [0.15, 0.2) is 30.8 Å². The molecular formula is C15H16O4. The number of carbonyl (C=O) groups is 2. The zero-order chi connectivity index (χ0) is 13.9. The molecule has 0 radical (unpaired) electrons. The lowest BCUT2D eigenvalue weighted by Gasteiger charge is -2.24. The largest absolute Gasteiger partial charge is 0.461 e. The first-order chi connectivity index (χ1) is 9.08. The molecule has 1 fully saturated rings. The Morgan fingerprint density at radius 3 is 2.63 bits per heavy atom. The molecule has 1 aliphatic heterocycles. The molecule has 1 heterocycles. The van der Waals surface area contributed by atoms with E-state index in [0.29, 0.717) is 12.0 Å². The number of hydrogen-bond donors (Lipinski definition) is 0. The summed E-state index contributed by atoms with van der Waals surface area (Å²) in [6.45, 7) is 5.66. The normalized spacial score (nSPS) is 21.8. The topological polar surface area (TPSA) is 52.6 Å². The van der Waals surface area contributed by atoms with E-state index < -0.39 is 11.6 Å². The average Bonchev–Trinajstić information content (AvgIpc) is 2.80. The van der Waals surface area contributed by atoms with Gasteiger partial charge in [-0.25, -0.2) is 4.79 Å². The Morgan fingerprint density at radius 1 is 1.47 bits per heavy atom. The van der Waals surface area contributed by atoms with Crippen LogP contribution in [0.5, 0.6) is 0 Å². The van der Waals surface area contributed by atoms with E-state index in [1.54, 1.807) is 30.3 Å². The van der Waals surface area contributed by atoms with Crippen molar-refractivity contribution in [1.29, 1.82) is 0 Å². The lowest BCUT2D eigenvalue weighted by atomic mass is 9.99. The maximum atomic E-state index is 12.1. The van der Waals surface area contributed by atoms with Gasteiger partial charge in [0, 0.05) is 0 Å². The van der Waals surface area contributed by atoms with Gasteiger partial charge in [-0.15, -0.1) is 0 Å². The van der Waals surface area contributed by atoms with Crippen molar-refractivity contribution in [3.63, 3.8) is 0 Å². The molecule has 4 nitrogen and oxygen atoms in total. The molecule has 1 saturated heterocycles. The number of ether oxygens (including phenoxy) is 2. The summed E-state index contributed by atoms with van der Waals surface area (Å²) in [6.07, 6.45) is 2.38. The molecule has 1 aromatic rings. The van der Waals surface area contributed by atoms with Crippen molar-refractivity contribution in [2.45, 2.75) is 25.4 Å². The second kappa shape index (κ2) is 5.26.